The van der Waals surface area contributed by atoms with Crippen molar-refractivity contribution < 1.29 is 19.0 Å². The molecule has 1 N–H and O–H groups in total. The lowest BCUT2D eigenvalue weighted by atomic mass is 10.1. The van der Waals surface area contributed by atoms with Crippen molar-refractivity contribution in [1.82, 2.24) is 5.32 Å². The molecule has 23 heavy (non-hydrogen) atoms. The molecule has 2 aromatic carbocycles. The molecular weight excluding hydrogens is 318 g/mol. The van der Waals surface area contributed by atoms with Crippen LogP contribution in [0, 0.1) is 0 Å². The van der Waals surface area contributed by atoms with E-state index in [-0.39, 0.29) is 5.91 Å². The third kappa shape index (κ3) is 4.07. The average molecular weight is 336 g/mol. The Morgan fingerprint density at radius 3 is 2.22 bits per heavy atom. The van der Waals surface area contributed by atoms with Gasteiger partial charge in [0.25, 0.3) is 5.91 Å². The first-order valence-electron chi connectivity index (χ1n) is 6.91. The van der Waals surface area contributed by atoms with E-state index in [1.54, 1.807) is 44.6 Å². The van der Waals surface area contributed by atoms with Crippen LogP contribution in [0.5, 0.6) is 17.2 Å². The number of methoxy groups -OCH3 is 3. The quantitative estimate of drug-likeness (QED) is 0.880. The van der Waals surface area contributed by atoms with Crippen LogP contribution in [0.2, 0.25) is 5.02 Å². The molecule has 0 aliphatic rings. The Kier molecular flexibility index (Phi) is 5.71. The number of halogens is 1. The van der Waals surface area contributed by atoms with Crippen molar-refractivity contribution in [3.63, 3.8) is 0 Å². The molecule has 0 aliphatic carbocycles. The minimum absolute atomic E-state index is 0.210. The first kappa shape index (κ1) is 17.0. The fraction of sp³-hybridized carbons (Fsp3) is 0.235. The smallest absolute Gasteiger partial charge is 0.251 e. The van der Waals surface area contributed by atoms with Gasteiger partial charge in [-0.2, -0.15) is 0 Å². The molecule has 1 amide bonds. The van der Waals surface area contributed by atoms with Crippen molar-refractivity contribution in [2.24, 2.45) is 0 Å². The van der Waals surface area contributed by atoms with E-state index in [1.807, 2.05) is 6.07 Å². The Labute approximate surface area is 140 Å². The normalized spacial score (nSPS) is 10.1. The minimum atomic E-state index is -0.210. The van der Waals surface area contributed by atoms with Gasteiger partial charge in [-0.05, 0) is 35.9 Å². The molecule has 0 unspecified atom stereocenters. The number of benzene rings is 2. The first-order chi connectivity index (χ1) is 11.1. The van der Waals surface area contributed by atoms with Crippen LogP contribution in [0.1, 0.15) is 15.9 Å². The Hall–Kier alpha value is -2.40. The van der Waals surface area contributed by atoms with Gasteiger partial charge in [0.1, 0.15) is 5.75 Å². The molecule has 0 bridgehead atoms. The molecule has 0 aromatic heterocycles. The predicted molar refractivity (Wildman–Crippen MR) is 88.7 cm³/mol. The van der Waals surface area contributed by atoms with Crippen molar-refractivity contribution in [3.8, 4) is 17.2 Å². The van der Waals surface area contributed by atoms with Crippen LogP contribution in [0.3, 0.4) is 0 Å². The Morgan fingerprint density at radius 2 is 1.61 bits per heavy atom. The molecule has 0 saturated carbocycles. The van der Waals surface area contributed by atoms with Gasteiger partial charge in [-0.3, -0.25) is 4.79 Å². The van der Waals surface area contributed by atoms with Crippen molar-refractivity contribution in [2.75, 3.05) is 21.3 Å². The standard InChI is InChI=1S/C17H18ClNO4/c1-21-14-6-4-11(8-13(14)18)10-19-17(20)12-5-7-15(22-2)16(9-12)23-3/h4-9H,10H2,1-3H3,(H,19,20). The van der Waals surface area contributed by atoms with E-state index < -0.39 is 0 Å². The van der Waals surface area contributed by atoms with Crippen molar-refractivity contribution >= 4 is 17.5 Å². The van der Waals surface area contributed by atoms with Gasteiger partial charge in [0, 0.05) is 12.1 Å². The lowest BCUT2D eigenvalue weighted by Crippen LogP contribution is -2.22. The van der Waals surface area contributed by atoms with Crippen LogP contribution >= 0.6 is 11.6 Å². The molecule has 0 radical (unpaired) electrons. The molecule has 0 spiro atoms. The predicted octanol–water partition coefficient (Wildman–Crippen LogP) is 3.30. The maximum Gasteiger partial charge on any atom is 0.251 e. The number of ether oxygens (including phenoxy) is 3. The monoisotopic (exact) mass is 335 g/mol. The van der Waals surface area contributed by atoms with Crippen molar-refractivity contribution in [1.29, 1.82) is 0 Å². The molecule has 5 nitrogen and oxygen atoms in total. The number of rotatable bonds is 6. The van der Waals surface area contributed by atoms with Crippen LogP contribution in [0.25, 0.3) is 0 Å². The van der Waals surface area contributed by atoms with E-state index in [9.17, 15) is 4.79 Å². The van der Waals surface area contributed by atoms with Crippen LogP contribution in [0.15, 0.2) is 36.4 Å². The van der Waals surface area contributed by atoms with Crippen LogP contribution in [-0.2, 0) is 6.54 Å². The summed E-state index contributed by atoms with van der Waals surface area (Å²) in [5, 5.41) is 3.34. The van der Waals surface area contributed by atoms with Gasteiger partial charge in [-0.15, -0.1) is 0 Å². The van der Waals surface area contributed by atoms with Crippen LogP contribution in [0.4, 0.5) is 0 Å². The van der Waals surface area contributed by atoms with E-state index in [0.29, 0.717) is 34.4 Å². The molecule has 6 heteroatoms. The molecule has 0 saturated heterocycles. The maximum absolute atomic E-state index is 12.2. The lowest BCUT2D eigenvalue weighted by molar-refractivity contribution is 0.0950. The fourth-order valence-corrected chi connectivity index (χ4v) is 2.36. The Balaban J connectivity index is 2.06. The summed E-state index contributed by atoms with van der Waals surface area (Å²) in [5.74, 6) is 1.47. The highest BCUT2D eigenvalue weighted by molar-refractivity contribution is 6.32. The van der Waals surface area contributed by atoms with E-state index in [1.165, 1.54) is 7.11 Å². The van der Waals surface area contributed by atoms with E-state index in [0.717, 1.165) is 5.56 Å². The molecule has 0 atom stereocenters. The summed E-state index contributed by atoms with van der Waals surface area (Å²) in [4.78, 5) is 12.2. The van der Waals surface area contributed by atoms with Gasteiger partial charge in [0.2, 0.25) is 0 Å². The number of carbonyl (C=O) groups is 1. The third-order valence-corrected chi connectivity index (χ3v) is 3.61. The maximum atomic E-state index is 12.2. The summed E-state index contributed by atoms with van der Waals surface area (Å²) < 4.78 is 15.4. The van der Waals surface area contributed by atoms with E-state index in [4.69, 9.17) is 25.8 Å². The van der Waals surface area contributed by atoms with Gasteiger partial charge < -0.3 is 19.5 Å². The molecule has 2 rings (SSSR count). The highest BCUT2D eigenvalue weighted by atomic mass is 35.5. The molecule has 2 aromatic rings. The number of hydrogen-bond acceptors (Lipinski definition) is 4. The number of carbonyl (C=O) groups excluding carboxylic acids is 1. The second kappa shape index (κ2) is 7.74. The van der Waals surface area contributed by atoms with Gasteiger partial charge in [0.15, 0.2) is 11.5 Å². The summed E-state index contributed by atoms with van der Waals surface area (Å²) in [7, 11) is 4.63. The Morgan fingerprint density at radius 1 is 0.957 bits per heavy atom. The number of amides is 1. The largest absolute Gasteiger partial charge is 0.495 e. The van der Waals surface area contributed by atoms with E-state index in [2.05, 4.69) is 5.32 Å². The summed E-state index contributed by atoms with van der Waals surface area (Å²) in [5.41, 5.74) is 1.37. The van der Waals surface area contributed by atoms with Gasteiger partial charge in [-0.1, -0.05) is 17.7 Å². The first-order valence-corrected chi connectivity index (χ1v) is 7.29. The van der Waals surface area contributed by atoms with Gasteiger partial charge in [-0.25, -0.2) is 0 Å². The van der Waals surface area contributed by atoms with E-state index >= 15 is 0 Å². The second-order valence-corrected chi connectivity index (χ2v) is 5.13. The summed E-state index contributed by atoms with van der Waals surface area (Å²) in [6.07, 6.45) is 0. The number of hydrogen-bond donors (Lipinski definition) is 1. The zero-order chi connectivity index (χ0) is 16.8. The molecule has 0 heterocycles. The topological polar surface area (TPSA) is 56.8 Å². The van der Waals surface area contributed by atoms with Gasteiger partial charge >= 0.3 is 0 Å². The second-order valence-electron chi connectivity index (χ2n) is 4.72. The highest BCUT2D eigenvalue weighted by Crippen LogP contribution is 2.28. The zero-order valence-corrected chi connectivity index (χ0v) is 13.9. The summed E-state index contributed by atoms with van der Waals surface area (Å²) in [6, 6.07) is 10.4. The van der Waals surface area contributed by atoms with Crippen molar-refractivity contribution in [3.05, 3.63) is 52.5 Å². The minimum Gasteiger partial charge on any atom is -0.495 e. The van der Waals surface area contributed by atoms with Crippen LogP contribution in [-0.4, -0.2) is 27.2 Å². The Bertz CT molecular complexity index is 703. The molecular formula is C17H18ClNO4. The van der Waals surface area contributed by atoms with Crippen LogP contribution < -0.4 is 19.5 Å². The third-order valence-electron chi connectivity index (χ3n) is 3.32. The zero-order valence-electron chi connectivity index (χ0n) is 13.2. The average Bonchev–Trinajstić information content (AvgIpc) is 2.59. The SMILES string of the molecule is COc1ccc(CNC(=O)c2ccc(OC)c(OC)c2)cc1Cl. The fourth-order valence-electron chi connectivity index (χ4n) is 2.08. The van der Waals surface area contributed by atoms with Gasteiger partial charge in [0.05, 0.1) is 26.4 Å². The molecule has 0 aliphatic heterocycles. The lowest BCUT2D eigenvalue weighted by Gasteiger charge is -2.10. The highest BCUT2D eigenvalue weighted by Gasteiger charge is 2.11. The molecule has 122 valence electrons. The van der Waals surface area contributed by atoms with Crippen molar-refractivity contribution in [2.45, 2.75) is 6.54 Å². The summed E-state index contributed by atoms with van der Waals surface area (Å²) >= 11 is 6.07. The number of nitrogens with one attached hydrogen (secondary N) is 1. The summed E-state index contributed by atoms with van der Waals surface area (Å²) in [6.45, 7) is 0.358. The molecule has 0 fully saturated rings.